The third-order valence-electron chi connectivity index (χ3n) is 6.38. The Bertz CT molecular complexity index is 1620. The van der Waals surface area contributed by atoms with Crippen LogP contribution < -0.4 is 15.4 Å². The van der Waals surface area contributed by atoms with Gasteiger partial charge in [-0.2, -0.15) is 5.10 Å². The van der Waals surface area contributed by atoms with Crippen LogP contribution in [0.25, 0.3) is 10.9 Å². The highest BCUT2D eigenvalue weighted by Gasteiger charge is 2.22. The first-order chi connectivity index (χ1) is 19.9. The molecular formula is C28H26F2N8O3. The molecule has 1 aliphatic rings. The van der Waals surface area contributed by atoms with Crippen molar-refractivity contribution in [1.82, 2.24) is 29.5 Å². The number of fused-ring (bicyclic) bond motifs is 1. The quantitative estimate of drug-likeness (QED) is 0.225. The lowest BCUT2D eigenvalue weighted by Crippen LogP contribution is -2.48. The van der Waals surface area contributed by atoms with Crippen molar-refractivity contribution in [3.8, 4) is 18.2 Å². The summed E-state index contributed by atoms with van der Waals surface area (Å²) in [6.45, 7) is 2.58. The monoisotopic (exact) mass is 560 g/mol. The van der Waals surface area contributed by atoms with E-state index in [1.54, 1.807) is 6.20 Å². The Morgan fingerprint density at radius 2 is 2.05 bits per heavy atom. The number of carbonyl (C=O) groups excluding carboxylic acids is 2. The molecule has 0 atom stereocenters. The van der Waals surface area contributed by atoms with Crippen LogP contribution in [0.3, 0.4) is 0 Å². The molecule has 210 valence electrons. The number of terminal acetylenes is 1. The second-order valence-electron chi connectivity index (χ2n) is 9.26. The Kier molecular flexibility index (Phi) is 8.31. The van der Waals surface area contributed by atoms with Gasteiger partial charge in [0, 0.05) is 43.3 Å². The molecule has 11 nitrogen and oxygen atoms in total. The molecule has 1 aliphatic heterocycles. The molecule has 5 rings (SSSR count). The molecule has 3 heterocycles. The fourth-order valence-electron chi connectivity index (χ4n) is 4.34. The number of rotatable bonds is 10. The lowest BCUT2D eigenvalue weighted by molar-refractivity contribution is -0.132. The molecule has 1 saturated heterocycles. The van der Waals surface area contributed by atoms with E-state index in [0.717, 1.165) is 31.0 Å². The lowest BCUT2D eigenvalue weighted by atomic mass is 10.2. The maximum atomic E-state index is 13.8. The summed E-state index contributed by atoms with van der Waals surface area (Å²) in [5.74, 6) is -1.61. The Balaban J connectivity index is 1.14. The van der Waals surface area contributed by atoms with Crippen LogP contribution in [-0.2, 0) is 16.1 Å². The van der Waals surface area contributed by atoms with Gasteiger partial charge in [0.15, 0.2) is 11.6 Å². The lowest BCUT2D eigenvalue weighted by Gasteiger charge is -2.30. The number of benzene rings is 2. The average Bonchev–Trinajstić information content (AvgIpc) is 3.40. The molecular weight excluding hydrogens is 534 g/mol. The maximum Gasteiger partial charge on any atom is 0.248 e. The molecule has 0 saturated carbocycles. The average molecular weight is 561 g/mol. The van der Waals surface area contributed by atoms with E-state index in [4.69, 9.17) is 11.2 Å². The molecule has 1 fully saturated rings. The van der Waals surface area contributed by atoms with Crippen molar-refractivity contribution < 1.29 is 23.1 Å². The van der Waals surface area contributed by atoms with Crippen molar-refractivity contribution in [3.05, 3.63) is 66.8 Å². The van der Waals surface area contributed by atoms with E-state index in [9.17, 15) is 18.4 Å². The number of amides is 2. The molecule has 0 radical (unpaired) electrons. The number of halogens is 2. The van der Waals surface area contributed by atoms with Crippen LogP contribution >= 0.6 is 0 Å². The number of hydrogen-bond acceptors (Lipinski definition) is 8. The minimum Gasteiger partial charge on any atom is -0.493 e. The highest BCUT2D eigenvalue weighted by molar-refractivity contribution is 5.92. The summed E-state index contributed by atoms with van der Waals surface area (Å²) in [4.78, 5) is 36.3. The van der Waals surface area contributed by atoms with Gasteiger partial charge in [-0.1, -0.05) is 12.5 Å². The smallest absolute Gasteiger partial charge is 0.248 e. The molecule has 0 bridgehead atoms. The summed E-state index contributed by atoms with van der Waals surface area (Å²) in [5.41, 5.74) is 0.989. The van der Waals surface area contributed by atoms with Crippen LogP contribution in [0.5, 0.6) is 5.75 Å². The van der Waals surface area contributed by atoms with Gasteiger partial charge in [-0.3, -0.25) is 24.1 Å². The van der Waals surface area contributed by atoms with Crippen molar-refractivity contribution in [2.45, 2.75) is 13.0 Å². The van der Waals surface area contributed by atoms with Crippen molar-refractivity contribution >= 4 is 39.9 Å². The van der Waals surface area contributed by atoms with E-state index in [2.05, 4.69) is 36.6 Å². The number of ether oxygens (including phenoxy) is 1. The second kappa shape index (κ2) is 12.4. The molecule has 0 aliphatic carbocycles. The third-order valence-corrected chi connectivity index (χ3v) is 6.38. The SMILES string of the molecule is C#CN1CCN(CCCOc2ccc3c(Nc4cnn(CC(=O)Nc5cccc(F)c5F)c4)ncnc3c2)CC1=O. The van der Waals surface area contributed by atoms with Crippen molar-refractivity contribution in [3.63, 3.8) is 0 Å². The van der Waals surface area contributed by atoms with Gasteiger partial charge in [-0.15, -0.1) is 0 Å². The van der Waals surface area contributed by atoms with Crippen molar-refractivity contribution in [1.29, 1.82) is 0 Å². The molecule has 41 heavy (non-hydrogen) atoms. The number of anilines is 3. The van der Waals surface area contributed by atoms with E-state index in [1.165, 1.54) is 34.2 Å². The normalized spacial score (nSPS) is 13.7. The summed E-state index contributed by atoms with van der Waals surface area (Å²) in [7, 11) is 0. The summed E-state index contributed by atoms with van der Waals surface area (Å²) in [5, 5.41) is 10.4. The minimum absolute atomic E-state index is 0.0614. The summed E-state index contributed by atoms with van der Waals surface area (Å²) < 4.78 is 34.5. The zero-order valence-electron chi connectivity index (χ0n) is 21.9. The van der Waals surface area contributed by atoms with Gasteiger partial charge in [0.25, 0.3) is 0 Å². The standard InChI is InChI=1S/C28H26F2N8O3/c1-2-37-11-10-36(17-26(37)40)9-4-12-41-20-7-8-21-24(13-20)31-18-32-28(21)34-19-14-33-38(15-19)16-25(39)35-23-6-3-5-22(29)27(23)30/h1,3,5-8,13-15,18H,4,9-12,16-17H2,(H,35,39)(H,31,32,34). The Morgan fingerprint density at radius 1 is 1.17 bits per heavy atom. The van der Waals surface area contributed by atoms with Crippen LogP contribution in [0.15, 0.2) is 55.1 Å². The largest absolute Gasteiger partial charge is 0.493 e. The number of nitrogens with one attached hydrogen (secondary N) is 2. The van der Waals surface area contributed by atoms with Crippen molar-refractivity contribution in [2.75, 3.05) is 43.4 Å². The summed E-state index contributed by atoms with van der Waals surface area (Å²) in [6.07, 6.45) is 10.6. The highest BCUT2D eigenvalue weighted by atomic mass is 19.2. The number of aromatic nitrogens is 4. The fourth-order valence-corrected chi connectivity index (χ4v) is 4.34. The van der Waals surface area contributed by atoms with Crippen LogP contribution in [0.4, 0.5) is 26.0 Å². The van der Waals surface area contributed by atoms with Crippen LogP contribution in [-0.4, -0.2) is 74.1 Å². The predicted octanol–water partition coefficient (Wildman–Crippen LogP) is 2.99. The van der Waals surface area contributed by atoms with E-state index in [0.29, 0.717) is 42.5 Å². The van der Waals surface area contributed by atoms with Crippen LogP contribution in [0.2, 0.25) is 0 Å². The molecule has 2 aromatic carbocycles. The molecule has 0 spiro atoms. The topological polar surface area (TPSA) is 118 Å². The molecule has 2 amide bonds. The second-order valence-corrected chi connectivity index (χ2v) is 9.26. The zero-order chi connectivity index (χ0) is 28.8. The number of hydrogen-bond donors (Lipinski definition) is 2. The van der Waals surface area contributed by atoms with E-state index < -0.39 is 17.5 Å². The van der Waals surface area contributed by atoms with Crippen LogP contribution in [0.1, 0.15) is 6.42 Å². The number of piperazine rings is 1. The van der Waals surface area contributed by atoms with Gasteiger partial charge in [0.2, 0.25) is 11.8 Å². The van der Waals surface area contributed by atoms with E-state index >= 15 is 0 Å². The number of carbonyl (C=O) groups is 2. The molecule has 4 aromatic rings. The molecule has 0 unspecified atom stereocenters. The summed E-state index contributed by atoms with van der Waals surface area (Å²) >= 11 is 0. The van der Waals surface area contributed by atoms with E-state index in [-0.39, 0.29) is 18.1 Å². The molecule has 2 aromatic heterocycles. The maximum absolute atomic E-state index is 13.8. The first-order valence-corrected chi connectivity index (χ1v) is 12.8. The Hall–Kier alpha value is -5.09. The van der Waals surface area contributed by atoms with Gasteiger partial charge in [0.1, 0.15) is 24.4 Å². The Labute approximate surface area is 234 Å². The number of nitrogens with zero attached hydrogens (tertiary/aromatic N) is 6. The van der Waals surface area contributed by atoms with Crippen molar-refractivity contribution in [2.24, 2.45) is 0 Å². The first-order valence-electron chi connectivity index (χ1n) is 12.8. The molecule has 13 heteroatoms. The Morgan fingerprint density at radius 3 is 2.88 bits per heavy atom. The van der Waals surface area contributed by atoms with Gasteiger partial charge < -0.3 is 15.4 Å². The predicted molar refractivity (Wildman–Crippen MR) is 147 cm³/mol. The third kappa shape index (κ3) is 6.74. The van der Waals surface area contributed by atoms with Gasteiger partial charge in [-0.05, 0) is 30.7 Å². The highest BCUT2D eigenvalue weighted by Crippen LogP contribution is 2.26. The fraction of sp³-hybridized carbons (Fsp3) is 0.250. The minimum atomic E-state index is -1.12. The molecule has 2 N–H and O–H groups in total. The first kappa shape index (κ1) is 27.5. The van der Waals surface area contributed by atoms with Gasteiger partial charge in [-0.25, -0.2) is 18.7 Å². The zero-order valence-corrected chi connectivity index (χ0v) is 21.9. The van der Waals surface area contributed by atoms with E-state index in [1.807, 2.05) is 18.2 Å². The van der Waals surface area contributed by atoms with Gasteiger partial charge in [0.05, 0.1) is 36.2 Å². The summed E-state index contributed by atoms with van der Waals surface area (Å²) in [6, 6.07) is 11.4. The van der Waals surface area contributed by atoms with Crippen LogP contribution in [0, 0.1) is 24.1 Å². The van der Waals surface area contributed by atoms with Gasteiger partial charge >= 0.3 is 0 Å².